The highest BCUT2D eigenvalue weighted by atomic mass is 16.5. The van der Waals surface area contributed by atoms with E-state index in [1.165, 1.54) is 4.90 Å². The number of β-amino-alcohol motifs (C(OH)–C–C–N with tert-alkyl or cyclic N) is 1. The fourth-order valence-corrected chi connectivity index (χ4v) is 11.9. The van der Waals surface area contributed by atoms with E-state index in [0.717, 1.165) is 110 Å². The van der Waals surface area contributed by atoms with E-state index >= 15 is 0 Å². The predicted molar refractivity (Wildman–Crippen MR) is 281 cm³/mol. The summed E-state index contributed by atoms with van der Waals surface area (Å²) >= 11 is 0. The molecule has 18 nitrogen and oxygen atoms in total. The molecule has 4 fully saturated rings. The number of nitrogens with one attached hydrogen (secondary N) is 3. The van der Waals surface area contributed by atoms with Gasteiger partial charge in [-0.1, -0.05) is 44.0 Å². The van der Waals surface area contributed by atoms with Crippen molar-refractivity contribution >= 4 is 34.8 Å². The van der Waals surface area contributed by atoms with Crippen LogP contribution in [0.25, 0.3) is 22.3 Å². The van der Waals surface area contributed by atoms with Crippen LogP contribution in [0.5, 0.6) is 5.75 Å². The number of anilines is 1. The van der Waals surface area contributed by atoms with Gasteiger partial charge in [-0.3, -0.25) is 14.5 Å². The predicted octanol–water partition coefficient (Wildman–Crippen LogP) is 4.97. The first kappa shape index (κ1) is 50.9. The minimum absolute atomic E-state index is 0.00443. The third-order valence-electron chi connectivity index (χ3n) is 16.5. The number of piperidine rings is 2. The zero-order valence-electron chi connectivity index (χ0n) is 42.9. The molecule has 0 radical (unpaired) electrons. The topological polar surface area (TPSA) is 209 Å². The van der Waals surface area contributed by atoms with Crippen molar-refractivity contribution in [1.82, 2.24) is 55.4 Å². The number of rotatable bonds is 13. The number of carbonyl (C=O) groups is 3. The SMILES string of the molecule is C#Cc1ccc(CNC(=O)[C@@H]2C[C@@H](O)CN2C(=O)[C@H](NC(=O)N2CCC(N3CCC(c4cnc(N5CCc6[nH]c7nnc(-c8ccccc8O)cc7c6[C@H]5C)nc4)CC3)CC2)C(C)(C)CCN2CCOCC2)cc1. The minimum atomic E-state index is -0.931. The third kappa shape index (κ3) is 10.9. The van der Waals surface area contributed by atoms with Crippen LogP contribution in [-0.4, -0.2) is 169 Å². The first-order chi connectivity index (χ1) is 35.8. The second-order valence-corrected chi connectivity index (χ2v) is 21.5. The summed E-state index contributed by atoms with van der Waals surface area (Å²) in [4.78, 5) is 66.6. The molecule has 0 spiro atoms. The fourth-order valence-electron chi connectivity index (χ4n) is 11.9. The highest BCUT2D eigenvalue weighted by molar-refractivity contribution is 5.93. The summed E-state index contributed by atoms with van der Waals surface area (Å²) in [7, 11) is 0. The number of aromatic nitrogens is 5. The molecule has 4 amide bonds. The minimum Gasteiger partial charge on any atom is -0.507 e. The molecule has 10 rings (SSSR count). The normalized spacial score (nSPS) is 21.8. The number of ether oxygens (including phenoxy) is 1. The van der Waals surface area contributed by atoms with E-state index in [1.54, 1.807) is 12.1 Å². The second kappa shape index (κ2) is 22.1. The Balaban J connectivity index is 0.737. The van der Waals surface area contributed by atoms with E-state index < -0.39 is 23.6 Å². The zero-order valence-corrected chi connectivity index (χ0v) is 42.9. The number of hydrogen-bond donors (Lipinski definition) is 5. The maximum atomic E-state index is 14.8. The molecule has 390 valence electrons. The average molecular weight is 1010 g/mol. The van der Waals surface area contributed by atoms with Crippen LogP contribution in [0.15, 0.2) is 67.0 Å². The Labute approximate surface area is 433 Å². The lowest BCUT2D eigenvalue weighted by atomic mass is 9.80. The lowest BCUT2D eigenvalue weighted by molar-refractivity contribution is -0.142. The van der Waals surface area contributed by atoms with Crippen molar-refractivity contribution in [2.45, 2.75) is 108 Å². The van der Waals surface area contributed by atoms with Gasteiger partial charge in [0.05, 0.1) is 31.1 Å². The van der Waals surface area contributed by atoms with Crippen molar-refractivity contribution in [3.8, 4) is 29.4 Å². The van der Waals surface area contributed by atoms with Gasteiger partial charge in [-0.25, -0.2) is 14.8 Å². The maximum absolute atomic E-state index is 14.8. The molecule has 3 aromatic heterocycles. The standard InChI is InChI=1S/C56H70N12O6/c1-5-37-10-12-38(13-11-37)32-57-52(71)47-30-42(69)35-68(47)53(72)50(56(3,4)19-25-64-26-28-74-29-27-64)61-55(73)66-22-16-41(17-23-66)65-20-14-39(15-21-65)40-33-58-54(59-34-40)67-24-18-45-49(36(67)2)44-31-46(62-63-51(44)60-45)43-8-6-7-9-48(43)70/h1,6-13,31,33-34,36,39,41-42,47,50,69-70H,14-30,32,35H2,2-4H3,(H,57,71)(H,60,63)(H,61,73)/t36-,42-,47+,50+/m1/s1. The summed E-state index contributed by atoms with van der Waals surface area (Å²) in [6.45, 7) is 13.9. The van der Waals surface area contributed by atoms with E-state index in [1.807, 2.05) is 73.6 Å². The number of hydrogen-bond acceptors (Lipinski definition) is 13. The molecule has 0 aliphatic carbocycles. The molecule has 0 unspecified atom stereocenters. The lowest BCUT2D eigenvalue weighted by Crippen LogP contribution is -2.61. The van der Waals surface area contributed by atoms with Crippen LogP contribution in [-0.2, 0) is 27.3 Å². The van der Waals surface area contributed by atoms with Gasteiger partial charge < -0.3 is 50.2 Å². The second-order valence-electron chi connectivity index (χ2n) is 21.5. The summed E-state index contributed by atoms with van der Waals surface area (Å²) in [5.41, 5.74) is 6.36. The number of morpholine rings is 1. The van der Waals surface area contributed by atoms with Crippen molar-refractivity contribution in [3.63, 3.8) is 0 Å². The van der Waals surface area contributed by atoms with Crippen molar-refractivity contribution in [1.29, 1.82) is 0 Å². The molecule has 2 aromatic carbocycles. The number of amides is 4. The van der Waals surface area contributed by atoms with Crippen LogP contribution >= 0.6 is 0 Å². The number of benzene rings is 2. The van der Waals surface area contributed by atoms with Crippen molar-refractivity contribution in [3.05, 3.63) is 94.9 Å². The van der Waals surface area contributed by atoms with Crippen molar-refractivity contribution < 1.29 is 29.3 Å². The Morgan fingerprint density at radius 3 is 2.39 bits per heavy atom. The first-order valence-corrected chi connectivity index (χ1v) is 26.5. The van der Waals surface area contributed by atoms with Gasteiger partial charge in [0.2, 0.25) is 17.8 Å². The number of phenolic OH excluding ortho intramolecular Hbond substituents is 1. The van der Waals surface area contributed by atoms with Gasteiger partial charge in [0.15, 0.2) is 5.65 Å². The lowest BCUT2D eigenvalue weighted by Gasteiger charge is -2.43. The Morgan fingerprint density at radius 1 is 0.946 bits per heavy atom. The highest BCUT2D eigenvalue weighted by Gasteiger charge is 2.46. The maximum Gasteiger partial charge on any atom is 0.318 e. The van der Waals surface area contributed by atoms with Crippen molar-refractivity contribution in [2.75, 3.05) is 77.0 Å². The number of aliphatic hydroxyl groups is 1. The van der Waals surface area contributed by atoms with Crippen LogP contribution in [0.2, 0.25) is 0 Å². The monoisotopic (exact) mass is 1010 g/mol. The van der Waals surface area contributed by atoms with Crippen LogP contribution in [0.4, 0.5) is 10.7 Å². The number of phenols is 1. The van der Waals surface area contributed by atoms with Crippen LogP contribution < -0.4 is 15.5 Å². The molecule has 5 N–H and O–H groups in total. The highest BCUT2D eigenvalue weighted by Crippen LogP contribution is 2.39. The summed E-state index contributed by atoms with van der Waals surface area (Å²) in [6.07, 6.45) is 13.8. The number of aliphatic hydroxyl groups excluding tert-OH is 1. The Hall–Kier alpha value is -6.65. The summed E-state index contributed by atoms with van der Waals surface area (Å²) in [6, 6.07) is 14.8. The van der Waals surface area contributed by atoms with Crippen LogP contribution in [0.3, 0.4) is 0 Å². The smallest absolute Gasteiger partial charge is 0.318 e. The largest absolute Gasteiger partial charge is 0.507 e. The van der Waals surface area contributed by atoms with E-state index in [2.05, 4.69) is 53.4 Å². The number of terminal acetylenes is 1. The summed E-state index contributed by atoms with van der Waals surface area (Å²) in [5.74, 6) is 3.11. The van der Waals surface area contributed by atoms with Gasteiger partial charge in [-0.15, -0.1) is 16.6 Å². The molecule has 5 aliphatic heterocycles. The van der Waals surface area contributed by atoms with E-state index in [0.29, 0.717) is 61.9 Å². The number of nitrogens with zero attached hydrogens (tertiary/aromatic N) is 9. The molecule has 5 aliphatic rings. The van der Waals surface area contributed by atoms with Crippen LogP contribution in [0.1, 0.15) is 99.2 Å². The summed E-state index contributed by atoms with van der Waals surface area (Å²) in [5, 5.41) is 37.4. The van der Waals surface area contributed by atoms with Gasteiger partial charge in [-0.05, 0) is 111 Å². The van der Waals surface area contributed by atoms with E-state index in [4.69, 9.17) is 21.1 Å². The number of likely N-dealkylation sites (tertiary alicyclic amines) is 3. The summed E-state index contributed by atoms with van der Waals surface area (Å²) < 4.78 is 5.58. The number of para-hydroxylation sites is 1. The average Bonchev–Trinajstić information content (AvgIpc) is 4.03. The van der Waals surface area contributed by atoms with Gasteiger partial charge in [0, 0.05) is 105 Å². The number of aromatic amines is 1. The van der Waals surface area contributed by atoms with E-state index in [9.17, 15) is 24.6 Å². The number of carbonyl (C=O) groups excluding carboxylic acids is 3. The molecule has 0 bridgehead atoms. The first-order valence-electron chi connectivity index (χ1n) is 26.5. The molecule has 74 heavy (non-hydrogen) atoms. The van der Waals surface area contributed by atoms with Gasteiger partial charge >= 0.3 is 6.03 Å². The quantitative estimate of drug-likeness (QED) is 0.0989. The van der Waals surface area contributed by atoms with E-state index in [-0.39, 0.29) is 49.1 Å². The molecule has 4 saturated heterocycles. The van der Waals surface area contributed by atoms with Gasteiger partial charge in [0.1, 0.15) is 17.8 Å². The number of H-pyrrole nitrogens is 1. The van der Waals surface area contributed by atoms with Crippen LogP contribution in [0, 0.1) is 17.8 Å². The molecule has 4 atom stereocenters. The molecule has 8 heterocycles. The molecule has 18 heteroatoms. The number of aromatic hydroxyl groups is 1. The zero-order chi connectivity index (χ0) is 51.5. The molecule has 5 aromatic rings. The van der Waals surface area contributed by atoms with Gasteiger partial charge in [0.25, 0.3) is 0 Å². The van der Waals surface area contributed by atoms with Crippen molar-refractivity contribution in [2.24, 2.45) is 5.41 Å². The fraction of sp³-hybridized carbons (Fsp3) is 0.518. The number of fused-ring (bicyclic) bond motifs is 3. The molecule has 0 saturated carbocycles. The Kier molecular flexibility index (Phi) is 15.2. The number of urea groups is 1. The Morgan fingerprint density at radius 2 is 1.68 bits per heavy atom. The third-order valence-corrected chi connectivity index (χ3v) is 16.5. The van der Waals surface area contributed by atoms with Gasteiger partial charge in [-0.2, -0.15) is 0 Å². The molecular weight excluding hydrogens is 937 g/mol. The molecular formula is C56H70N12O6. The Bertz CT molecular complexity index is 2830.